The zero-order valence-electron chi connectivity index (χ0n) is 26.5. The van der Waals surface area contributed by atoms with E-state index in [1.165, 1.54) is 128 Å². The molecule has 1 aliphatic rings. The van der Waals surface area contributed by atoms with Gasteiger partial charge in [-0.3, -0.25) is 0 Å². The summed E-state index contributed by atoms with van der Waals surface area (Å²) in [7, 11) is 0. The van der Waals surface area contributed by atoms with E-state index in [4.69, 9.17) is 9.47 Å². The second-order valence-corrected chi connectivity index (χ2v) is 12.5. The molecule has 1 aliphatic heterocycles. The third-order valence-electron chi connectivity index (χ3n) is 8.75. The summed E-state index contributed by atoms with van der Waals surface area (Å²) < 4.78 is 11.9. The van der Waals surface area contributed by atoms with Crippen LogP contribution in [0.4, 0.5) is 0 Å². The molecule has 1 heterocycles. The highest BCUT2D eigenvalue weighted by molar-refractivity contribution is 4.92. The molecule has 0 aliphatic carbocycles. The van der Waals surface area contributed by atoms with Gasteiger partial charge in [-0.15, -0.1) is 0 Å². The van der Waals surface area contributed by atoms with Gasteiger partial charge in [0.2, 0.25) is 0 Å². The van der Waals surface area contributed by atoms with E-state index < -0.39 is 37.1 Å². The molecule has 0 amide bonds. The van der Waals surface area contributed by atoms with Crippen LogP contribution in [-0.4, -0.2) is 70.3 Å². The van der Waals surface area contributed by atoms with E-state index in [2.05, 4.69) is 13.8 Å². The molecular weight excluding hydrogens is 504 g/mol. The van der Waals surface area contributed by atoms with E-state index in [0.29, 0.717) is 0 Å². The minimum absolute atomic E-state index is 0.115. The second-order valence-electron chi connectivity index (χ2n) is 12.5. The highest BCUT2D eigenvalue weighted by Gasteiger charge is 2.43. The lowest BCUT2D eigenvalue weighted by Crippen LogP contribution is -2.59. The fourth-order valence-corrected chi connectivity index (χ4v) is 5.93. The van der Waals surface area contributed by atoms with Crippen molar-refractivity contribution < 1.29 is 29.9 Å². The van der Waals surface area contributed by atoms with Crippen molar-refractivity contribution in [3.05, 3.63) is 0 Å². The lowest BCUT2D eigenvalue weighted by atomic mass is 9.95. The van der Waals surface area contributed by atoms with Crippen LogP contribution in [0.15, 0.2) is 0 Å². The Morgan fingerprint density at radius 3 is 1.23 bits per heavy atom. The standard InChI is InChI=1S/C34H68O6/c1-3-5-7-9-11-13-15-16-18-20-22-24-26-29(25-23-21-19-17-14-12-10-8-6-4-2)39-28-31-33(37)34(38)32(36)30(27-35)40-31/h29-38H,3-28H2,1-2H3. The fraction of sp³-hybridized carbons (Fsp3) is 1.00. The van der Waals surface area contributed by atoms with Crippen molar-refractivity contribution in [3.8, 4) is 0 Å². The molecule has 0 saturated carbocycles. The summed E-state index contributed by atoms with van der Waals surface area (Å²) in [6.45, 7) is 4.30. The van der Waals surface area contributed by atoms with Gasteiger partial charge in [0.05, 0.1) is 19.3 Å². The molecule has 0 aromatic carbocycles. The number of unbranched alkanes of at least 4 members (excludes halogenated alkanes) is 20. The lowest BCUT2D eigenvalue weighted by molar-refractivity contribution is -0.241. The molecule has 1 rings (SSSR count). The summed E-state index contributed by atoms with van der Waals surface area (Å²) in [4.78, 5) is 0. The van der Waals surface area contributed by atoms with E-state index in [1.807, 2.05) is 0 Å². The molecular formula is C34H68O6. The van der Waals surface area contributed by atoms with Crippen molar-refractivity contribution in [1.29, 1.82) is 0 Å². The smallest absolute Gasteiger partial charge is 0.111 e. The van der Waals surface area contributed by atoms with Crippen LogP contribution >= 0.6 is 0 Å². The van der Waals surface area contributed by atoms with E-state index in [-0.39, 0.29) is 12.7 Å². The highest BCUT2D eigenvalue weighted by atomic mass is 16.6. The van der Waals surface area contributed by atoms with Crippen LogP contribution in [0.1, 0.15) is 168 Å². The Kier molecular flexibility index (Phi) is 24.9. The first-order valence-electron chi connectivity index (χ1n) is 17.5. The normalized spacial score (nSPS) is 24.0. The van der Waals surface area contributed by atoms with Gasteiger partial charge in [-0.1, -0.05) is 155 Å². The Labute approximate surface area is 247 Å². The summed E-state index contributed by atoms with van der Waals surface area (Å²) in [6.07, 6.45) is 25.7. The third kappa shape index (κ3) is 18.3. The summed E-state index contributed by atoms with van der Waals surface area (Å²) >= 11 is 0. The molecule has 0 aromatic heterocycles. The molecule has 6 nitrogen and oxygen atoms in total. The van der Waals surface area contributed by atoms with E-state index >= 15 is 0 Å². The number of rotatable bonds is 28. The Hall–Kier alpha value is -0.240. The Morgan fingerprint density at radius 1 is 0.500 bits per heavy atom. The summed E-state index contributed by atoms with van der Waals surface area (Å²) in [5.41, 5.74) is 0. The molecule has 6 unspecified atom stereocenters. The van der Waals surface area contributed by atoms with Gasteiger partial charge in [-0.2, -0.15) is 0 Å². The van der Waals surface area contributed by atoms with Crippen molar-refractivity contribution in [2.75, 3.05) is 13.2 Å². The highest BCUT2D eigenvalue weighted by Crippen LogP contribution is 2.24. The van der Waals surface area contributed by atoms with Crippen LogP contribution < -0.4 is 0 Å². The van der Waals surface area contributed by atoms with Crippen LogP contribution in [0.3, 0.4) is 0 Å². The predicted molar refractivity (Wildman–Crippen MR) is 166 cm³/mol. The zero-order chi connectivity index (χ0) is 29.3. The van der Waals surface area contributed by atoms with Gasteiger partial charge in [-0.25, -0.2) is 0 Å². The van der Waals surface area contributed by atoms with Crippen LogP contribution in [0.25, 0.3) is 0 Å². The van der Waals surface area contributed by atoms with E-state index in [0.717, 1.165) is 25.7 Å². The molecule has 1 fully saturated rings. The van der Waals surface area contributed by atoms with Crippen molar-refractivity contribution >= 4 is 0 Å². The number of aliphatic hydroxyl groups is 4. The van der Waals surface area contributed by atoms with E-state index in [9.17, 15) is 20.4 Å². The molecule has 0 spiro atoms. The van der Waals surface area contributed by atoms with Crippen LogP contribution in [0.5, 0.6) is 0 Å². The van der Waals surface area contributed by atoms with E-state index in [1.54, 1.807) is 0 Å². The molecule has 240 valence electrons. The first kappa shape index (κ1) is 37.8. The molecule has 4 N–H and O–H groups in total. The Morgan fingerprint density at radius 2 is 0.850 bits per heavy atom. The first-order chi connectivity index (χ1) is 19.5. The summed E-state index contributed by atoms with van der Waals surface area (Å²) in [5, 5.41) is 40.0. The van der Waals surface area contributed by atoms with Gasteiger partial charge in [0.15, 0.2) is 0 Å². The summed E-state index contributed by atoms with van der Waals surface area (Å²) in [6, 6.07) is 0. The maximum Gasteiger partial charge on any atom is 0.111 e. The van der Waals surface area contributed by atoms with Gasteiger partial charge in [0, 0.05) is 0 Å². The Balaban J connectivity index is 2.30. The van der Waals surface area contributed by atoms with Gasteiger partial charge >= 0.3 is 0 Å². The fourth-order valence-electron chi connectivity index (χ4n) is 5.93. The minimum atomic E-state index is -1.34. The molecule has 1 saturated heterocycles. The average molecular weight is 573 g/mol. The van der Waals surface area contributed by atoms with Crippen molar-refractivity contribution in [3.63, 3.8) is 0 Å². The number of aliphatic hydroxyl groups excluding tert-OH is 4. The molecule has 6 atom stereocenters. The van der Waals surface area contributed by atoms with Crippen molar-refractivity contribution in [1.82, 2.24) is 0 Å². The van der Waals surface area contributed by atoms with Crippen molar-refractivity contribution in [2.24, 2.45) is 0 Å². The van der Waals surface area contributed by atoms with Crippen LogP contribution in [0, 0.1) is 0 Å². The molecule has 40 heavy (non-hydrogen) atoms. The number of ether oxygens (including phenoxy) is 2. The van der Waals surface area contributed by atoms with Gasteiger partial charge in [-0.05, 0) is 12.8 Å². The van der Waals surface area contributed by atoms with Crippen LogP contribution in [-0.2, 0) is 9.47 Å². The molecule has 0 aromatic rings. The molecule has 0 bridgehead atoms. The molecule has 6 heteroatoms. The summed E-state index contributed by atoms with van der Waals surface area (Å²) in [5.74, 6) is 0. The Bertz CT molecular complexity index is 531. The number of hydrogen-bond donors (Lipinski definition) is 4. The number of hydrogen-bond acceptors (Lipinski definition) is 6. The first-order valence-corrected chi connectivity index (χ1v) is 17.5. The molecule has 0 radical (unpaired) electrons. The predicted octanol–water partition coefficient (Wildman–Crippen LogP) is 7.62. The van der Waals surface area contributed by atoms with Gasteiger partial charge in [0.25, 0.3) is 0 Å². The second kappa shape index (κ2) is 26.4. The zero-order valence-corrected chi connectivity index (χ0v) is 26.5. The van der Waals surface area contributed by atoms with Crippen LogP contribution in [0.2, 0.25) is 0 Å². The van der Waals surface area contributed by atoms with Crippen molar-refractivity contribution in [2.45, 2.75) is 205 Å². The lowest BCUT2D eigenvalue weighted by Gasteiger charge is -2.40. The largest absolute Gasteiger partial charge is 0.394 e. The monoisotopic (exact) mass is 573 g/mol. The maximum atomic E-state index is 10.4. The average Bonchev–Trinajstić information content (AvgIpc) is 2.96. The SMILES string of the molecule is CCCCCCCCCCCCCCC(CCCCCCCCCCCC)OCC1OC(CO)C(O)C(O)C1O. The topological polar surface area (TPSA) is 99.4 Å². The maximum absolute atomic E-state index is 10.4. The minimum Gasteiger partial charge on any atom is -0.394 e. The quantitative estimate of drug-likeness (QED) is 0.0720. The third-order valence-corrected chi connectivity index (χ3v) is 8.75. The van der Waals surface area contributed by atoms with Gasteiger partial charge in [0.1, 0.15) is 30.5 Å². The van der Waals surface area contributed by atoms with Gasteiger partial charge < -0.3 is 29.9 Å².